The van der Waals surface area contributed by atoms with Crippen molar-refractivity contribution in [1.29, 1.82) is 0 Å². The summed E-state index contributed by atoms with van der Waals surface area (Å²) >= 11 is 4.17. The smallest absolute Gasteiger partial charge is 0.255 e. The maximum absolute atomic E-state index is 12.4. The van der Waals surface area contributed by atoms with E-state index in [4.69, 9.17) is 0 Å². The third-order valence-electron chi connectivity index (χ3n) is 4.96. The summed E-state index contributed by atoms with van der Waals surface area (Å²) in [6.07, 6.45) is 4.38. The molecule has 2 aromatic rings. The minimum absolute atomic E-state index is 0.0865. The molecule has 6 heteroatoms. The van der Waals surface area contributed by atoms with Crippen LogP contribution in [0.5, 0.6) is 0 Å². The number of hydrogen-bond donors (Lipinski definition) is 1. The molecule has 136 valence electrons. The molecule has 4 nitrogen and oxygen atoms in total. The van der Waals surface area contributed by atoms with Gasteiger partial charge in [0, 0.05) is 65.8 Å². The Morgan fingerprint density at radius 3 is 2.62 bits per heavy atom. The molecule has 0 saturated carbocycles. The lowest BCUT2D eigenvalue weighted by atomic mass is 9.98. The van der Waals surface area contributed by atoms with Gasteiger partial charge >= 0.3 is 0 Å². The number of carbonyl (C=O) groups excluding carboxylic acids is 1. The van der Waals surface area contributed by atoms with Gasteiger partial charge in [0.05, 0.1) is 0 Å². The van der Waals surface area contributed by atoms with E-state index in [9.17, 15) is 4.79 Å². The van der Waals surface area contributed by atoms with Crippen LogP contribution in [0.25, 0.3) is 0 Å². The number of anilines is 1. The molecule has 1 amide bonds. The van der Waals surface area contributed by atoms with Crippen molar-refractivity contribution in [2.24, 2.45) is 0 Å². The average Bonchev–Trinajstić information content (AvgIpc) is 2.97. The van der Waals surface area contributed by atoms with E-state index in [0.29, 0.717) is 11.6 Å². The van der Waals surface area contributed by atoms with Crippen molar-refractivity contribution >= 4 is 35.1 Å². The van der Waals surface area contributed by atoms with Gasteiger partial charge in [-0.3, -0.25) is 14.7 Å². The predicted octanol–water partition coefficient (Wildman–Crippen LogP) is 3.54. The van der Waals surface area contributed by atoms with Gasteiger partial charge in [-0.05, 0) is 41.8 Å². The summed E-state index contributed by atoms with van der Waals surface area (Å²) in [7, 11) is 0. The first-order chi connectivity index (χ1) is 12.8. The van der Waals surface area contributed by atoms with E-state index in [1.165, 1.54) is 34.1 Å². The van der Waals surface area contributed by atoms with Crippen molar-refractivity contribution < 1.29 is 4.79 Å². The normalized spacial score (nSPS) is 18.8. The number of carbonyl (C=O) groups is 1. The lowest BCUT2D eigenvalue weighted by Crippen LogP contribution is -2.42. The van der Waals surface area contributed by atoms with Crippen molar-refractivity contribution in [3.63, 3.8) is 0 Å². The second kappa shape index (κ2) is 8.46. The predicted molar refractivity (Wildman–Crippen MR) is 111 cm³/mol. The highest BCUT2D eigenvalue weighted by Crippen LogP contribution is 2.27. The first-order valence-electron chi connectivity index (χ1n) is 9.02. The molecule has 4 rings (SSSR count). The van der Waals surface area contributed by atoms with Crippen LogP contribution in [0, 0.1) is 0 Å². The van der Waals surface area contributed by atoms with Gasteiger partial charge in [-0.2, -0.15) is 23.5 Å². The Hall–Kier alpha value is -1.50. The monoisotopic (exact) mass is 385 g/mol. The number of pyridine rings is 1. The Morgan fingerprint density at radius 1 is 1.08 bits per heavy atom. The van der Waals surface area contributed by atoms with Crippen LogP contribution >= 0.6 is 23.5 Å². The summed E-state index contributed by atoms with van der Waals surface area (Å²) in [4.78, 5) is 19.0. The van der Waals surface area contributed by atoms with E-state index in [1.807, 2.05) is 6.07 Å². The van der Waals surface area contributed by atoms with E-state index >= 15 is 0 Å². The second-order valence-electron chi connectivity index (χ2n) is 6.70. The van der Waals surface area contributed by atoms with Crippen LogP contribution in [0.1, 0.15) is 21.5 Å². The third-order valence-corrected chi connectivity index (χ3v) is 7.44. The van der Waals surface area contributed by atoms with Crippen molar-refractivity contribution in [2.45, 2.75) is 19.0 Å². The topological polar surface area (TPSA) is 45.2 Å². The van der Waals surface area contributed by atoms with Gasteiger partial charge in [0.15, 0.2) is 0 Å². The molecule has 0 atom stereocenters. The van der Waals surface area contributed by atoms with E-state index in [-0.39, 0.29) is 5.91 Å². The van der Waals surface area contributed by atoms with E-state index in [2.05, 4.69) is 50.9 Å². The lowest BCUT2D eigenvalue weighted by molar-refractivity contribution is 0.102. The number of amides is 1. The molecule has 26 heavy (non-hydrogen) atoms. The molecular formula is C20H23N3OS2. The van der Waals surface area contributed by atoms with Gasteiger partial charge < -0.3 is 5.32 Å². The fourth-order valence-electron chi connectivity index (χ4n) is 3.49. The third kappa shape index (κ3) is 4.24. The van der Waals surface area contributed by atoms with Crippen LogP contribution in [0.15, 0.2) is 42.7 Å². The summed E-state index contributed by atoms with van der Waals surface area (Å²) in [6, 6.07) is 10.5. The summed E-state index contributed by atoms with van der Waals surface area (Å²) in [6.45, 7) is 2.13. The number of hydrogen-bond acceptors (Lipinski definition) is 5. The Kier molecular flexibility index (Phi) is 5.82. The van der Waals surface area contributed by atoms with Crippen molar-refractivity contribution in [3.05, 3.63) is 59.4 Å². The van der Waals surface area contributed by atoms with Crippen LogP contribution in [-0.4, -0.2) is 51.4 Å². The quantitative estimate of drug-likeness (QED) is 0.876. The highest BCUT2D eigenvalue weighted by atomic mass is 32.2. The lowest BCUT2D eigenvalue weighted by Gasteiger charge is -2.35. The Bertz CT molecular complexity index is 761. The summed E-state index contributed by atoms with van der Waals surface area (Å²) in [5, 5.41) is 3.02. The molecule has 0 radical (unpaired) electrons. The first kappa shape index (κ1) is 17.9. The molecule has 0 bridgehead atoms. The van der Waals surface area contributed by atoms with Crippen LogP contribution in [0.4, 0.5) is 5.69 Å². The van der Waals surface area contributed by atoms with Crippen LogP contribution in [0.2, 0.25) is 0 Å². The van der Waals surface area contributed by atoms with Gasteiger partial charge in [0.2, 0.25) is 0 Å². The summed E-state index contributed by atoms with van der Waals surface area (Å²) < 4.78 is 0. The number of nitrogens with one attached hydrogen (secondary N) is 1. The molecule has 0 aliphatic carbocycles. The standard InChI is InChI=1S/C20H23N3OS2/c24-20(16-3-6-21-7-4-16)22-18-2-1-15-5-8-23(12-17(15)11-18)19-13-25-9-10-26-14-19/h1-4,6-7,11,19H,5,8-10,12-14H2,(H,22,24). The fraction of sp³-hybridized carbons (Fsp3) is 0.400. The molecule has 1 aromatic heterocycles. The molecule has 1 fully saturated rings. The maximum Gasteiger partial charge on any atom is 0.255 e. The van der Waals surface area contributed by atoms with Gasteiger partial charge in [-0.15, -0.1) is 0 Å². The van der Waals surface area contributed by atoms with Gasteiger partial charge in [0.25, 0.3) is 5.91 Å². The molecule has 2 aliphatic heterocycles. The number of aromatic nitrogens is 1. The minimum Gasteiger partial charge on any atom is -0.322 e. The molecule has 1 N–H and O–H groups in total. The number of thioether (sulfide) groups is 2. The molecule has 3 heterocycles. The van der Waals surface area contributed by atoms with E-state index in [1.54, 1.807) is 24.5 Å². The summed E-state index contributed by atoms with van der Waals surface area (Å²) in [5.74, 6) is 4.94. The SMILES string of the molecule is O=C(Nc1ccc2c(c1)CN(C1CSCCSC1)CC2)c1ccncc1. The van der Waals surface area contributed by atoms with Gasteiger partial charge in [-0.1, -0.05) is 6.07 Å². The fourth-order valence-corrected chi connectivity index (χ4v) is 6.12. The van der Waals surface area contributed by atoms with Crippen molar-refractivity contribution in [3.8, 4) is 0 Å². The minimum atomic E-state index is -0.0865. The van der Waals surface area contributed by atoms with Crippen LogP contribution in [0.3, 0.4) is 0 Å². The molecule has 0 unspecified atom stereocenters. The first-order valence-corrected chi connectivity index (χ1v) is 11.3. The Morgan fingerprint density at radius 2 is 1.85 bits per heavy atom. The highest BCUT2D eigenvalue weighted by molar-refractivity contribution is 8.03. The molecule has 1 aromatic carbocycles. The zero-order chi connectivity index (χ0) is 17.8. The van der Waals surface area contributed by atoms with Crippen LogP contribution < -0.4 is 5.32 Å². The number of fused-ring (bicyclic) bond motifs is 1. The van der Waals surface area contributed by atoms with Crippen molar-refractivity contribution in [2.75, 3.05) is 34.9 Å². The Balaban J connectivity index is 1.46. The van der Waals surface area contributed by atoms with Gasteiger partial charge in [0.1, 0.15) is 0 Å². The van der Waals surface area contributed by atoms with Gasteiger partial charge in [-0.25, -0.2) is 0 Å². The van der Waals surface area contributed by atoms with E-state index in [0.717, 1.165) is 25.2 Å². The number of benzene rings is 1. The Labute approximate surface area is 163 Å². The molecular weight excluding hydrogens is 362 g/mol. The number of rotatable bonds is 3. The van der Waals surface area contributed by atoms with E-state index < -0.39 is 0 Å². The maximum atomic E-state index is 12.4. The second-order valence-corrected chi connectivity index (χ2v) is 9.00. The van der Waals surface area contributed by atoms with Crippen molar-refractivity contribution in [1.82, 2.24) is 9.88 Å². The highest BCUT2D eigenvalue weighted by Gasteiger charge is 2.25. The number of nitrogens with zero attached hydrogens (tertiary/aromatic N) is 2. The van der Waals surface area contributed by atoms with Crippen LogP contribution in [-0.2, 0) is 13.0 Å². The largest absolute Gasteiger partial charge is 0.322 e. The molecule has 0 spiro atoms. The zero-order valence-electron chi connectivity index (χ0n) is 14.7. The summed E-state index contributed by atoms with van der Waals surface area (Å²) in [5.41, 5.74) is 4.27. The molecule has 2 aliphatic rings. The molecule has 1 saturated heterocycles. The zero-order valence-corrected chi connectivity index (χ0v) is 16.3. The average molecular weight is 386 g/mol.